The third kappa shape index (κ3) is 4.42. The van der Waals surface area contributed by atoms with E-state index < -0.39 is 26.7 Å². The van der Waals surface area contributed by atoms with Crippen molar-refractivity contribution in [2.45, 2.75) is 18.7 Å². The molecule has 21 heavy (non-hydrogen) atoms. The minimum atomic E-state index is -4.15. The van der Waals surface area contributed by atoms with Crippen LogP contribution in [0.1, 0.15) is 13.8 Å². The summed E-state index contributed by atoms with van der Waals surface area (Å²) in [6, 6.07) is 7.32. The molecule has 0 radical (unpaired) electrons. The zero-order valence-electron chi connectivity index (χ0n) is 11.7. The van der Waals surface area contributed by atoms with Crippen LogP contribution in [0.4, 0.5) is 0 Å². The van der Waals surface area contributed by atoms with Crippen LogP contribution in [0.15, 0.2) is 46.2 Å². The van der Waals surface area contributed by atoms with E-state index in [0.717, 1.165) is 0 Å². The Morgan fingerprint density at radius 2 is 1.62 bits per heavy atom. The summed E-state index contributed by atoms with van der Waals surface area (Å²) in [5.74, 6) is -2.01. The molecule has 0 saturated carbocycles. The molecule has 7 heteroatoms. The van der Waals surface area contributed by atoms with Crippen molar-refractivity contribution in [2.24, 2.45) is 0 Å². The monoisotopic (exact) mass is 312 g/mol. The summed E-state index contributed by atoms with van der Waals surface area (Å²) in [6.45, 7) is 3.16. The van der Waals surface area contributed by atoms with E-state index in [1.807, 2.05) is 0 Å². The molecule has 1 aromatic rings. The fourth-order valence-electron chi connectivity index (χ4n) is 1.47. The van der Waals surface area contributed by atoms with Crippen LogP contribution in [0.2, 0.25) is 0 Å². The third-order valence-electron chi connectivity index (χ3n) is 2.36. The van der Waals surface area contributed by atoms with Gasteiger partial charge in [0.25, 0.3) is 0 Å². The first-order chi connectivity index (χ1) is 9.93. The summed E-state index contributed by atoms with van der Waals surface area (Å²) in [4.78, 5) is 22.5. The number of ether oxygens (including phenoxy) is 2. The van der Waals surface area contributed by atoms with E-state index in [0.29, 0.717) is 6.08 Å². The molecule has 0 amide bonds. The fraction of sp³-hybridized carbons (Fsp3) is 0.286. The van der Waals surface area contributed by atoms with Crippen molar-refractivity contribution in [3.63, 3.8) is 0 Å². The average Bonchev–Trinajstić information content (AvgIpc) is 2.46. The van der Waals surface area contributed by atoms with Crippen LogP contribution in [0.5, 0.6) is 0 Å². The molecule has 0 bridgehead atoms. The summed E-state index contributed by atoms with van der Waals surface area (Å²) in [6.07, 6.45) is 0.643. The molecule has 0 aliphatic rings. The quantitative estimate of drug-likeness (QED) is 0.584. The lowest BCUT2D eigenvalue weighted by molar-refractivity contribution is -0.140. The second-order valence-electron chi connectivity index (χ2n) is 3.80. The Balaban J connectivity index is 3.30. The molecule has 0 aliphatic heterocycles. The molecule has 0 spiro atoms. The van der Waals surface area contributed by atoms with Gasteiger partial charge in [0.05, 0.1) is 18.1 Å². The van der Waals surface area contributed by atoms with E-state index in [4.69, 9.17) is 4.74 Å². The summed E-state index contributed by atoms with van der Waals surface area (Å²) in [5.41, 5.74) is 0. The molecule has 0 N–H and O–H groups in total. The lowest BCUT2D eigenvalue weighted by atomic mass is 10.4. The smallest absolute Gasteiger partial charge is 0.350 e. The predicted molar refractivity (Wildman–Crippen MR) is 75.0 cm³/mol. The second kappa shape index (κ2) is 7.58. The first-order valence-corrected chi connectivity index (χ1v) is 7.77. The van der Waals surface area contributed by atoms with Gasteiger partial charge < -0.3 is 9.47 Å². The van der Waals surface area contributed by atoms with Crippen LogP contribution in [0.3, 0.4) is 0 Å². The zero-order valence-corrected chi connectivity index (χ0v) is 12.6. The number of esters is 2. The molecule has 1 aromatic carbocycles. The topological polar surface area (TPSA) is 86.7 Å². The van der Waals surface area contributed by atoms with Gasteiger partial charge in [0.2, 0.25) is 9.84 Å². The molecule has 114 valence electrons. The molecule has 0 saturated heterocycles. The SMILES string of the molecule is CCOC(=O)/C=C(\C(=O)OCC)S(=O)(=O)c1ccccc1. The maximum atomic E-state index is 12.4. The Bertz CT molecular complexity index is 631. The van der Waals surface area contributed by atoms with Crippen LogP contribution in [-0.2, 0) is 28.9 Å². The highest BCUT2D eigenvalue weighted by atomic mass is 32.2. The largest absolute Gasteiger partial charge is 0.463 e. The lowest BCUT2D eigenvalue weighted by Crippen LogP contribution is -2.18. The third-order valence-corrected chi connectivity index (χ3v) is 4.11. The van der Waals surface area contributed by atoms with E-state index >= 15 is 0 Å². The van der Waals surface area contributed by atoms with Crippen LogP contribution >= 0.6 is 0 Å². The molecular weight excluding hydrogens is 296 g/mol. The van der Waals surface area contributed by atoms with Crippen LogP contribution in [0, 0.1) is 0 Å². The van der Waals surface area contributed by atoms with Gasteiger partial charge in [-0.15, -0.1) is 0 Å². The van der Waals surface area contributed by atoms with E-state index in [1.165, 1.54) is 31.2 Å². The minimum Gasteiger partial charge on any atom is -0.463 e. The standard InChI is InChI=1S/C14H16O6S/c1-3-19-13(15)10-12(14(16)20-4-2)21(17,18)11-8-6-5-7-9-11/h5-10H,3-4H2,1-2H3/b12-10+. The number of carbonyl (C=O) groups excluding carboxylic acids is 2. The normalized spacial score (nSPS) is 11.8. The molecule has 0 aliphatic carbocycles. The van der Waals surface area contributed by atoms with Crippen molar-refractivity contribution in [1.29, 1.82) is 0 Å². The van der Waals surface area contributed by atoms with Gasteiger partial charge in [-0.05, 0) is 26.0 Å². The molecule has 1 rings (SSSR count). The van der Waals surface area contributed by atoms with Crippen molar-refractivity contribution in [2.75, 3.05) is 13.2 Å². The lowest BCUT2D eigenvalue weighted by Gasteiger charge is -2.08. The van der Waals surface area contributed by atoms with Crippen molar-refractivity contribution in [1.82, 2.24) is 0 Å². The first-order valence-electron chi connectivity index (χ1n) is 6.29. The first kappa shape index (κ1) is 16.9. The molecule has 0 aromatic heterocycles. The highest BCUT2D eigenvalue weighted by Crippen LogP contribution is 2.20. The van der Waals surface area contributed by atoms with Gasteiger partial charge in [0.1, 0.15) is 0 Å². The number of hydrogen-bond donors (Lipinski definition) is 0. The van der Waals surface area contributed by atoms with Gasteiger partial charge in [0, 0.05) is 6.08 Å². The van der Waals surface area contributed by atoms with E-state index in [2.05, 4.69) is 4.74 Å². The van der Waals surface area contributed by atoms with E-state index in [9.17, 15) is 18.0 Å². The van der Waals surface area contributed by atoms with Crippen molar-refractivity contribution >= 4 is 21.8 Å². The van der Waals surface area contributed by atoms with E-state index in [-0.39, 0.29) is 18.1 Å². The molecule has 0 unspecified atom stereocenters. The van der Waals surface area contributed by atoms with E-state index in [1.54, 1.807) is 13.0 Å². The van der Waals surface area contributed by atoms with Crippen molar-refractivity contribution in [3.05, 3.63) is 41.3 Å². The fourth-order valence-corrected chi connectivity index (χ4v) is 2.77. The van der Waals surface area contributed by atoms with Crippen molar-refractivity contribution in [3.8, 4) is 0 Å². The average molecular weight is 312 g/mol. The van der Waals surface area contributed by atoms with Gasteiger partial charge in [-0.25, -0.2) is 18.0 Å². The van der Waals surface area contributed by atoms with Crippen molar-refractivity contribution < 1.29 is 27.5 Å². The Morgan fingerprint density at radius 3 is 2.14 bits per heavy atom. The molecule has 0 heterocycles. The summed E-state index contributed by atoms with van der Waals surface area (Å²) in [7, 11) is -4.15. The minimum absolute atomic E-state index is 0.0106. The maximum Gasteiger partial charge on any atom is 0.350 e. The Labute approximate surface area is 123 Å². The number of benzene rings is 1. The maximum absolute atomic E-state index is 12.4. The number of rotatable bonds is 6. The van der Waals surface area contributed by atoms with Crippen LogP contribution in [0.25, 0.3) is 0 Å². The number of sulfone groups is 1. The number of carbonyl (C=O) groups is 2. The molecule has 0 atom stereocenters. The van der Waals surface area contributed by atoms with Gasteiger partial charge >= 0.3 is 11.9 Å². The Kier molecular flexibility index (Phi) is 6.10. The van der Waals surface area contributed by atoms with Gasteiger partial charge in [-0.3, -0.25) is 0 Å². The van der Waals surface area contributed by atoms with Crippen LogP contribution in [-0.4, -0.2) is 33.6 Å². The van der Waals surface area contributed by atoms with Gasteiger partial charge in [-0.1, -0.05) is 18.2 Å². The van der Waals surface area contributed by atoms with Gasteiger partial charge in [0.15, 0.2) is 4.91 Å². The highest BCUT2D eigenvalue weighted by molar-refractivity contribution is 7.96. The van der Waals surface area contributed by atoms with Crippen LogP contribution < -0.4 is 0 Å². The molecular formula is C14H16O6S. The Hall–Kier alpha value is -2.15. The predicted octanol–water partition coefficient (Wildman–Crippen LogP) is 1.47. The zero-order chi connectivity index (χ0) is 15.9. The molecule has 0 fully saturated rings. The second-order valence-corrected chi connectivity index (χ2v) is 5.72. The highest BCUT2D eigenvalue weighted by Gasteiger charge is 2.29. The number of hydrogen-bond acceptors (Lipinski definition) is 6. The Morgan fingerprint density at radius 1 is 1.05 bits per heavy atom. The summed E-state index contributed by atoms with van der Waals surface area (Å²) < 4.78 is 34.2. The summed E-state index contributed by atoms with van der Waals surface area (Å²) in [5, 5.41) is 0. The van der Waals surface area contributed by atoms with Gasteiger partial charge in [-0.2, -0.15) is 0 Å². The summed E-state index contributed by atoms with van der Waals surface area (Å²) >= 11 is 0. The molecule has 6 nitrogen and oxygen atoms in total.